The highest BCUT2D eigenvalue weighted by atomic mass is 19.4. The molecule has 1 aliphatic rings. The number of hydrogen-bond acceptors (Lipinski definition) is 5. The fourth-order valence-electron chi connectivity index (χ4n) is 5.55. The van der Waals surface area contributed by atoms with E-state index in [4.69, 9.17) is 19.8 Å². The number of nitrogens with zero attached hydrogens (tertiary/aromatic N) is 3. The summed E-state index contributed by atoms with van der Waals surface area (Å²) in [6, 6.07) is 23.6. The number of aromatic nitrogens is 2. The van der Waals surface area contributed by atoms with Crippen molar-refractivity contribution >= 4 is 28.6 Å². The van der Waals surface area contributed by atoms with E-state index in [0.29, 0.717) is 6.04 Å². The van der Waals surface area contributed by atoms with Gasteiger partial charge in [0.25, 0.3) is 5.91 Å². The van der Waals surface area contributed by atoms with Gasteiger partial charge in [-0.15, -0.1) is 0 Å². The molecule has 3 aromatic carbocycles. The van der Waals surface area contributed by atoms with Gasteiger partial charge in [0.2, 0.25) is 0 Å². The summed E-state index contributed by atoms with van der Waals surface area (Å²) < 4.78 is 63.5. The first-order valence-electron chi connectivity index (χ1n) is 15.7. The number of aryl methyl sites for hydroxylation is 1. The number of rotatable bonds is 8. The van der Waals surface area contributed by atoms with E-state index in [2.05, 4.69) is 76.1 Å². The molecule has 2 heterocycles. The maximum Gasteiger partial charge on any atom is 0.490 e. The molecule has 1 amide bonds. The van der Waals surface area contributed by atoms with Crippen LogP contribution < -0.4 is 0 Å². The molecule has 4 aromatic rings. The number of unbranched alkanes of at least 4 members (excludes halogenated alkanes) is 1. The van der Waals surface area contributed by atoms with Gasteiger partial charge in [-0.3, -0.25) is 9.69 Å². The van der Waals surface area contributed by atoms with Crippen LogP contribution in [0.25, 0.3) is 10.8 Å². The molecule has 0 spiro atoms. The van der Waals surface area contributed by atoms with Crippen LogP contribution in [-0.2, 0) is 16.0 Å². The number of aromatic amines is 1. The zero-order chi connectivity index (χ0) is 37.1. The van der Waals surface area contributed by atoms with Crippen molar-refractivity contribution in [1.82, 2.24) is 19.8 Å². The summed E-state index contributed by atoms with van der Waals surface area (Å²) in [5.74, 6) is -5.37. The molecule has 1 aromatic heterocycles. The molecule has 0 bridgehead atoms. The molecule has 50 heavy (non-hydrogen) atoms. The zero-order valence-electron chi connectivity index (χ0n) is 27.3. The number of alkyl halides is 6. The molecule has 0 radical (unpaired) electrons. The molecule has 0 saturated carbocycles. The van der Waals surface area contributed by atoms with Gasteiger partial charge in [0.1, 0.15) is 0 Å². The van der Waals surface area contributed by atoms with Crippen LogP contribution in [0.4, 0.5) is 26.3 Å². The fraction of sp³-hybridized carbons (Fsp3) is 0.371. The summed E-state index contributed by atoms with van der Waals surface area (Å²) in [7, 11) is 0. The Morgan fingerprint density at radius 2 is 1.50 bits per heavy atom. The SMILES string of the molecule is CCCC[C@H]1CN(C(=O)c2cccc3ccccc23)CCN1C(Cc1ccc(C)cc1)c1cnc[nH]1.O=C(O)C(F)(F)F.O=C(O)C(F)(F)F. The molecule has 270 valence electrons. The van der Waals surface area contributed by atoms with E-state index in [9.17, 15) is 31.1 Å². The Balaban J connectivity index is 0.000000408. The average molecular weight is 709 g/mol. The normalized spacial score (nSPS) is 15.7. The minimum Gasteiger partial charge on any atom is -0.475 e. The molecule has 1 fully saturated rings. The van der Waals surface area contributed by atoms with E-state index in [1.807, 2.05) is 30.5 Å². The Labute approximate surface area is 284 Å². The number of fused-ring (bicyclic) bond motifs is 1. The highest BCUT2D eigenvalue weighted by Crippen LogP contribution is 2.31. The van der Waals surface area contributed by atoms with Gasteiger partial charge in [-0.2, -0.15) is 26.3 Å². The molecule has 0 aliphatic carbocycles. The summed E-state index contributed by atoms with van der Waals surface area (Å²) in [6.45, 7) is 6.69. The summed E-state index contributed by atoms with van der Waals surface area (Å²) in [6.07, 6.45) is -2.13. The van der Waals surface area contributed by atoms with Crippen molar-refractivity contribution < 1.29 is 50.9 Å². The number of nitrogens with one attached hydrogen (secondary N) is 1. The summed E-state index contributed by atoms with van der Waals surface area (Å²) >= 11 is 0. The van der Waals surface area contributed by atoms with Crippen LogP contribution in [0, 0.1) is 6.92 Å². The van der Waals surface area contributed by atoms with Crippen molar-refractivity contribution in [2.24, 2.45) is 0 Å². The lowest BCUT2D eigenvalue weighted by atomic mass is 9.95. The monoisotopic (exact) mass is 708 g/mol. The Hall–Kier alpha value is -4.92. The predicted octanol–water partition coefficient (Wildman–Crippen LogP) is 7.44. The molecule has 1 unspecified atom stereocenters. The lowest BCUT2D eigenvalue weighted by Gasteiger charge is -2.45. The number of carboxylic acids is 2. The third kappa shape index (κ3) is 11.3. The van der Waals surface area contributed by atoms with Crippen molar-refractivity contribution in [2.45, 2.75) is 64.0 Å². The minimum absolute atomic E-state index is 0.143. The van der Waals surface area contributed by atoms with E-state index in [0.717, 1.165) is 67.3 Å². The smallest absolute Gasteiger partial charge is 0.475 e. The number of amides is 1. The largest absolute Gasteiger partial charge is 0.490 e. The minimum atomic E-state index is -5.08. The predicted molar refractivity (Wildman–Crippen MR) is 173 cm³/mol. The molecule has 1 saturated heterocycles. The van der Waals surface area contributed by atoms with Crippen molar-refractivity contribution in [3.63, 3.8) is 0 Å². The zero-order valence-corrected chi connectivity index (χ0v) is 27.3. The van der Waals surface area contributed by atoms with E-state index < -0.39 is 24.3 Å². The standard InChI is InChI=1S/C31H36N4O.2C2HF3O2/c1-3-4-10-26-21-34(31(36)28-12-7-9-25-8-5-6-11-27(25)28)17-18-35(26)30(29-20-32-22-33-29)19-24-15-13-23(2)14-16-24;2*3-2(4,5)1(6)7/h5-9,11-16,20,22,26,30H,3-4,10,17-19,21H2,1-2H3,(H,32,33);2*(H,6,7)/t26-,30?;;/m0../s1. The number of H-pyrrole nitrogens is 1. The molecule has 15 heteroatoms. The van der Waals surface area contributed by atoms with Crippen molar-refractivity contribution in [1.29, 1.82) is 0 Å². The van der Waals surface area contributed by atoms with Gasteiger partial charge in [-0.05, 0) is 42.2 Å². The Bertz CT molecular complexity index is 1670. The Kier molecular flexibility index (Phi) is 14.0. The van der Waals surface area contributed by atoms with E-state index >= 15 is 0 Å². The fourth-order valence-corrected chi connectivity index (χ4v) is 5.55. The van der Waals surface area contributed by atoms with Gasteiger partial charge < -0.3 is 20.1 Å². The average Bonchev–Trinajstić information content (AvgIpc) is 3.61. The van der Waals surface area contributed by atoms with Crippen LogP contribution in [-0.4, -0.2) is 85.9 Å². The Morgan fingerprint density at radius 3 is 2.06 bits per heavy atom. The second-order valence-corrected chi connectivity index (χ2v) is 11.6. The number of carbonyl (C=O) groups is 3. The molecule has 5 rings (SSSR count). The quantitative estimate of drug-likeness (QED) is 0.163. The number of halogens is 6. The molecular weight excluding hydrogens is 670 g/mol. The molecule has 2 atom stereocenters. The number of piperazine rings is 1. The topological polar surface area (TPSA) is 127 Å². The maximum absolute atomic E-state index is 13.8. The van der Waals surface area contributed by atoms with Gasteiger partial charge in [0.15, 0.2) is 0 Å². The molecular formula is C35H38F6N4O5. The maximum atomic E-state index is 13.8. The van der Waals surface area contributed by atoms with Gasteiger partial charge in [0, 0.05) is 37.4 Å². The number of carboxylic acid groups (broad SMARTS) is 2. The Morgan fingerprint density at radius 1 is 0.900 bits per heavy atom. The highest BCUT2D eigenvalue weighted by molar-refractivity contribution is 6.07. The number of carbonyl (C=O) groups excluding carboxylic acids is 1. The number of aliphatic carboxylic acids is 2. The van der Waals surface area contributed by atoms with E-state index in [1.165, 1.54) is 11.1 Å². The van der Waals surface area contributed by atoms with Crippen LogP contribution in [0.1, 0.15) is 59.4 Å². The molecule has 9 nitrogen and oxygen atoms in total. The first-order chi connectivity index (χ1) is 23.5. The van der Waals surface area contributed by atoms with Crippen molar-refractivity contribution in [2.75, 3.05) is 19.6 Å². The molecule has 3 N–H and O–H groups in total. The summed E-state index contributed by atoms with van der Waals surface area (Å²) in [5.41, 5.74) is 4.55. The van der Waals surface area contributed by atoms with Crippen LogP contribution in [0.5, 0.6) is 0 Å². The highest BCUT2D eigenvalue weighted by Gasteiger charge is 2.39. The van der Waals surface area contributed by atoms with Gasteiger partial charge in [-0.1, -0.05) is 86.0 Å². The third-order valence-corrected chi connectivity index (χ3v) is 8.04. The number of hydrogen-bond donors (Lipinski definition) is 3. The third-order valence-electron chi connectivity index (χ3n) is 8.04. The van der Waals surface area contributed by atoms with Gasteiger partial charge >= 0.3 is 24.3 Å². The second-order valence-electron chi connectivity index (χ2n) is 11.6. The van der Waals surface area contributed by atoms with E-state index in [1.54, 1.807) is 6.33 Å². The summed E-state index contributed by atoms with van der Waals surface area (Å²) in [5, 5.41) is 16.4. The van der Waals surface area contributed by atoms with Gasteiger partial charge in [-0.25, -0.2) is 14.6 Å². The second kappa shape index (κ2) is 17.7. The van der Waals surface area contributed by atoms with Crippen LogP contribution in [0.15, 0.2) is 79.3 Å². The first-order valence-corrected chi connectivity index (χ1v) is 15.7. The number of imidazole rings is 1. The lowest BCUT2D eigenvalue weighted by molar-refractivity contribution is -0.193. The van der Waals surface area contributed by atoms with E-state index in [-0.39, 0.29) is 11.9 Å². The van der Waals surface area contributed by atoms with Crippen LogP contribution >= 0.6 is 0 Å². The number of benzene rings is 3. The first kappa shape index (κ1) is 39.5. The van der Waals surface area contributed by atoms with Crippen molar-refractivity contribution in [3.8, 4) is 0 Å². The van der Waals surface area contributed by atoms with Gasteiger partial charge in [0.05, 0.1) is 18.1 Å². The lowest BCUT2D eigenvalue weighted by Crippen LogP contribution is -2.56. The van der Waals surface area contributed by atoms with Crippen LogP contribution in [0.3, 0.4) is 0 Å². The summed E-state index contributed by atoms with van der Waals surface area (Å²) in [4.78, 5) is 44.0. The molecule has 1 aliphatic heterocycles. The van der Waals surface area contributed by atoms with Crippen molar-refractivity contribution in [3.05, 3.63) is 102 Å². The van der Waals surface area contributed by atoms with Crippen LogP contribution in [0.2, 0.25) is 0 Å².